The first kappa shape index (κ1) is 28.7. The molecule has 2 fully saturated rings. The molecule has 4 atom stereocenters. The highest BCUT2D eigenvalue weighted by Gasteiger charge is 2.68. The van der Waals surface area contributed by atoms with E-state index in [0.717, 1.165) is 5.56 Å². The molecule has 3 amide bonds. The van der Waals surface area contributed by atoms with Crippen LogP contribution < -0.4 is 16.0 Å². The van der Waals surface area contributed by atoms with Gasteiger partial charge in [-0.15, -0.1) is 0 Å². The highest BCUT2D eigenvalue weighted by Crippen LogP contribution is 2.41. The molecule has 3 heterocycles. The molecule has 2 aromatic rings. The van der Waals surface area contributed by atoms with Gasteiger partial charge in [-0.05, 0) is 11.5 Å². The number of aromatic nitrogens is 2. The Morgan fingerprint density at radius 1 is 1.12 bits per heavy atom. The first-order valence-electron chi connectivity index (χ1n) is 13.0. The number of amides is 3. The number of hydrogen-bond acceptors (Lipinski definition) is 9. The highest BCUT2D eigenvalue weighted by atomic mass is 16.8. The second-order valence-corrected chi connectivity index (χ2v) is 10.3. The maximum absolute atomic E-state index is 13.7. The van der Waals surface area contributed by atoms with Crippen molar-refractivity contribution in [2.24, 2.45) is 5.92 Å². The quantitative estimate of drug-likeness (QED) is 0.250. The van der Waals surface area contributed by atoms with Crippen LogP contribution in [0.2, 0.25) is 0 Å². The van der Waals surface area contributed by atoms with Gasteiger partial charge in [-0.2, -0.15) is 0 Å². The highest BCUT2D eigenvalue weighted by molar-refractivity contribution is 6.67. The summed E-state index contributed by atoms with van der Waals surface area (Å²) in [5.41, 5.74) is -1.03. The van der Waals surface area contributed by atoms with Gasteiger partial charge in [-0.25, -0.2) is 4.98 Å². The van der Waals surface area contributed by atoms with E-state index >= 15 is 0 Å². The number of carboxylic acids is 1. The fourth-order valence-corrected chi connectivity index (χ4v) is 4.93. The fraction of sp³-hybridized carbons (Fsp3) is 0.423. The van der Waals surface area contributed by atoms with Crippen molar-refractivity contribution in [2.45, 2.75) is 57.1 Å². The van der Waals surface area contributed by atoms with E-state index in [1.807, 2.05) is 44.2 Å². The molecule has 2 aliphatic heterocycles. The van der Waals surface area contributed by atoms with Gasteiger partial charge in [-0.3, -0.25) is 24.2 Å². The fourth-order valence-electron chi connectivity index (χ4n) is 4.93. The lowest BCUT2D eigenvalue weighted by Crippen LogP contribution is -2.68. The van der Waals surface area contributed by atoms with Crippen molar-refractivity contribution in [2.75, 3.05) is 7.05 Å². The Bertz CT molecular complexity index is 1280. The third-order valence-electron chi connectivity index (χ3n) is 6.79. The van der Waals surface area contributed by atoms with Gasteiger partial charge in [0.1, 0.15) is 18.2 Å². The molecule has 2 bridgehead atoms. The zero-order valence-electron chi connectivity index (χ0n) is 22.5. The number of carbonyl (C=O) groups is 5. The molecule has 0 aliphatic carbocycles. The normalized spacial score (nSPS) is 23.0. The molecular weight excluding hydrogens is 521 g/mol. The van der Waals surface area contributed by atoms with Crippen LogP contribution in [0.3, 0.4) is 0 Å². The van der Waals surface area contributed by atoms with E-state index in [2.05, 4.69) is 30.6 Å². The minimum absolute atomic E-state index is 0.0230. The number of carbonyl (C=O) groups excluding carboxylic acids is 4. The molecule has 0 radical (unpaired) electrons. The first-order valence-corrected chi connectivity index (χ1v) is 13.0. The van der Waals surface area contributed by atoms with Gasteiger partial charge >= 0.3 is 12.7 Å². The number of fused-ring (bicyclic) bond motifs is 2. The molecule has 212 valence electrons. The van der Waals surface area contributed by atoms with E-state index in [-0.39, 0.29) is 24.5 Å². The first-order chi connectivity index (χ1) is 19.1. The van der Waals surface area contributed by atoms with Crippen molar-refractivity contribution < 1.29 is 37.9 Å². The molecule has 0 saturated carbocycles. The van der Waals surface area contributed by atoms with Gasteiger partial charge in [-0.1, -0.05) is 50.6 Å². The van der Waals surface area contributed by atoms with E-state index in [4.69, 9.17) is 9.31 Å². The molecule has 40 heavy (non-hydrogen) atoms. The van der Waals surface area contributed by atoms with Crippen LogP contribution in [0.1, 0.15) is 49.2 Å². The average Bonchev–Trinajstić information content (AvgIpc) is 3.13. The number of aliphatic carboxylic acids is 1. The summed E-state index contributed by atoms with van der Waals surface area (Å²) in [6, 6.07) is 7.99. The summed E-state index contributed by atoms with van der Waals surface area (Å²) >= 11 is 0. The molecule has 0 spiro atoms. The second-order valence-electron chi connectivity index (χ2n) is 10.3. The summed E-state index contributed by atoms with van der Waals surface area (Å²) in [5.74, 6) is -4.38. The Morgan fingerprint density at radius 2 is 1.88 bits per heavy atom. The van der Waals surface area contributed by atoms with Crippen LogP contribution in [-0.4, -0.2) is 75.7 Å². The number of rotatable bonds is 11. The third-order valence-corrected chi connectivity index (χ3v) is 6.79. The van der Waals surface area contributed by atoms with Crippen LogP contribution in [0.5, 0.6) is 0 Å². The molecule has 2 aliphatic rings. The van der Waals surface area contributed by atoms with Crippen LogP contribution in [0.25, 0.3) is 0 Å². The van der Waals surface area contributed by atoms with E-state index < -0.39 is 66.8 Å². The maximum atomic E-state index is 13.7. The second kappa shape index (κ2) is 11.8. The van der Waals surface area contributed by atoms with Crippen LogP contribution in [0.15, 0.2) is 48.9 Å². The molecular formula is C26H32BN5O8. The van der Waals surface area contributed by atoms with Gasteiger partial charge < -0.3 is 29.9 Å². The van der Waals surface area contributed by atoms with Crippen molar-refractivity contribution in [3.63, 3.8) is 0 Å². The lowest BCUT2D eigenvalue weighted by Gasteiger charge is -2.43. The van der Waals surface area contributed by atoms with E-state index in [0.29, 0.717) is 0 Å². The molecule has 2 saturated heterocycles. The molecule has 1 unspecified atom stereocenters. The molecule has 14 heteroatoms. The molecule has 1 aromatic carbocycles. The van der Waals surface area contributed by atoms with E-state index in [9.17, 15) is 24.0 Å². The lowest BCUT2D eigenvalue weighted by atomic mass is 9.64. The largest absolute Gasteiger partial charge is 0.717 e. The molecule has 1 aromatic heterocycles. The predicted octanol–water partition coefficient (Wildman–Crippen LogP) is -0.267. The van der Waals surface area contributed by atoms with Crippen molar-refractivity contribution in [3.8, 4) is 0 Å². The Morgan fingerprint density at radius 3 is 2.52 bits per heavy atom. The van der Waals surface area contributed by atoms with Crippen molar-refractivity contribution in [1.29, 1.82) is 0 Å². The van der Waals surface area contributed by atoms with E-state index in [1.165, 1.54) is 25.6 Å². The van der Waals surface area contributed by atoms with Crippen LogP contribution >= 0.6 is 0 Å². The SMILES string of the molecule is CNC(=O)C[C@@]12CC(=O)[OH+][B-]([C@H](CC(C)C)NC(=O)[C@H](Cc3ccccc3)NC(=O)c3cnccn3)(OC1=O)O2. The molecule has 4 rings (SSSR count). The minimum Gasteiger partial charge on any atom is -0.717 e. The van der Waals surface area contributed by atoms with Gasteiger partial charge in [0.05, 0.1) is 12.6 Å². The lowest BCUT2D eigenvalue weighted by molar-refractivity contribution is -0.169. The Kier molecular flexibility index (Phi) is 8.47. The minimum atomic E-state index is -3.02. The topological polar surface area (TPSA) is 178 Å². The Labute approximate surface area is 230 Å². The van der Waals surface area contributed by atoms with Gasteiger partial charge in [0.25, 0.3) is 11.9 Å². The zero-order chi connectivity index (χ0) is 28.9. The van der Waals surface area contributed by atoms with Gasteiger partial charge in [0, 0.05) is 36.6 Å². The number of nitrogens with one attached hydrogen (secondary N) is 3. The number of nitrogens with zero attached hydrogens (tertiary/aromatic N) is 2. The Balaban J connectivity index is 1.62. The van der Waals surface area contributed by atoms with Crippen molar-refractivity contribution in [1.82, 2.24) is 25.9 Å². The summed E-state index contributed by atoms with van der Waals surface area (Å²) in [6.07, 6.45) is 3.54. The summed E-state index contributed by atoms with van der Waals surface area (Å²) < 4.78 is 15.7. The van der Waals surface area contributed by atoms with Gasteiger partial charge in [0.2, 0.25) is 11.8 Å². The molecule has 13 nitrogen and oxygen atoms in total. The monoisotopic (exact) mass is 553 g/mol. The number of benzene rings is 1. The van der Waals surface area contributed by atoms with Crippen LogP contribution in [-0.2, 0) is 34.9 Å². The van der Waals surface area contributed by atoms with Crippen molar-refractivity contribution in [3.05, 3.63) is 60.2 Å². The zero-order valence-corrected chi connectivity index (χ0v) is 22.5. The average molecular weight is 553 g/mol. The summed E-state index contributed by atoms with van der Waals surface area (Å²) in [4.78, 5) is 72.5. The summed E-state index contributed by atoms with van der Waals surface area (Å²) in [5, 5.41) is 7.95. The standard InChI is InChI=1S/C26H32BN5O8/c1-16(2)11-20(27-38-22(34)14-26(40-27,25(37)39-27)13-21(33)28-3)32-23(35)18(12-17-7-5-4-6-8-17)31-24(36)19-15-29-9-10-30-19/h4-10,15-16,18,20,38H,11-14H2,1-3H3,(H,28,33)(H,31,36)(H,32,35)/t18-,20-,26+,27?/m0/s1. The maximum Gasteiger partial charge on any atom is 0.594 e. The summed E-state index contributed by atoms with van der Waals surface area (Å²) in [6.45, 7) is 0.731. The predicted molar refractivity (Wildman–Crippen MR) is 141 cm³/mol. The van der Waals surface area contributed by atoms with E-state index in [1.54, 1.807) is 0 Å². The summed E-state index contributed by atoms with van der Waals surface area (Å²) in [7, 11) is 1.40. The third kappa shape index (κ3) is 6.28. The number of hydrogen-bond donors (Lipinski definition) is 3. The molecule has 4 N–H and O–H groups in total. The van der Waals surface area contributed by atoms with Crippen LogP contribution in [0.4, 0.5) is 0 Å². The van der Waals surface area contributed by atoms with Crippen LogP contribution in [0, 0.1) is 5.92 Å². The van der Waals surface area contributed by atoms with Gasteiger partial charge in [0.15, 0.2) is 5.60 Å². The van der Waals surface area contributed by atoms with Crippen molar-refractivity contribution >= 4 is 36.4 Å². The smallest absolute Gasteiger partial charge is 0.594 e. The Hall–Kier alpha value is -4.33.